The summed E-state index contributed by atoms with van der Waals surface area (Å²) in [6.45, 7) is 1.74. The van der Waals surface area contributed by atoms with Crippen LogP contribution in [-0.2, 0) is 9.47 Å². The summed E-state index contributed by atoms with van der Waals surface area (Å²) in [5.41, 5.74) is 6.43. The zero-order valence-corrected chi connectivity index (χ0v) is 10.3. The van der Waals surface area contributed by atoms with Crippen LogP contribution in [0.2, 0.25) is 0 Å². The van der Waals surface area contributed by atoms with Gasteiger partial charge >= 0.3 is 5.97 Å². The lowest BCUT2D eigenvalue weighted by Gasteiger charge is -2.12. The first-order chi connectivity index (χ1) is 8.72. The van der Waals surface area contributed by atoms with Crippen LogP contribution in [0.1, 0.15) is 16.8 Å². The Bertz CT molecular complexity index is 427. The highest BCUT2D eigenvalue weighted by Crippen LogP contribution is 2.25. The summed E-state index contributed by atoms with van der Waals surface area (Å²) in [7, 11) is 1.50. The molecule has 0 bridgehead atoms. The van der Waals surface area contributed by atoms with Crippen molar-refractivity contribution in [3.63, 3.8) is 0 Å². The van der Waals surface area contributed by atoms with Crippen LogP contribution >= 0.6 is 0 Å². The van der Waals surface area contributed by atoms with Crippen LogP contribution in [0, 0.1) is 5.92 Å². The summed E-state index contributed by atoms with van der Waals surface area (Å²) in [6.07, 6.45) is 0.925. The predicted molar refractivity (Wildman–Crippen MR) is 66.6 cm³/mol. The number of nitrogen functional groups attached to an aromatic ring is 1. The number of esters is 1. The van der Waals surface area contributed by atoms with Crippen molar-refractivity contribution < 1.29 is 19.0 Å². The van der Waals surface area contributed by atoms with Crippen molar-refractivity contribution >= 4 is 11.7 Å². The Morgan fingerprint density at radius 2 is 2.39 bits per heavy atom. The molecule has 0 spiro atoms. The van der Waals surface area contributed by atoms with E-state index in [1.54, 1.807) is 18.2 Å². The molecule has 0 aliphatic carbocycles. The normalized spacial score (nSPS) is 18.6. The molecule has 2 N–H and O–H groups in total. The average Bonchev–Trinajstić information content (AvgIpc) is 2.88. The molecular weight excluding hydrogens is 234 g/mol. The molecule has 1 aromatic carbocycles. The van der Waals surface area contributed by atoms with Crippen LogP contribution in [-0.4, -0.2) is 32.9 Å². The standard InChI is InChI=1S/C13H17NO4/c1-16-11-4-2-3-10(14)12(11)13(15)18-8-9-5-6-17-7-9/h2-4,9H,5-8,14H2,1H3. The molecule has 1 atom stereocenters. The number of hydrogen-bond donors (Lipinski definition) is 1. The second-order valence-electron chi connectivity index (χ2n) is 4.25. The number of methoxy groups -OCH3 is 1. The summed E-state index contributed by atoms with van der Waals surface area (Å²) in [5, 5.41) is 0. The minimum absolute atomic E-state index is 0.282. The zero-order chi connectivity index (χ0) is 13.0. The number of anilines is 1. The van der Waals surface area contributed by atoms with E-state index in [0.717, 1.165) is 13.0 Å². The maximum Gasteiger partial charge on any atom is 0.344 e. The number of rotatable bonds is 4. The highest BCUT2D eigenvalue weighted by Gasteiger charge is 2.21. The van der Waals surface area contributed by atoms with E-state index in [1.165, 1.54) is 7.11 Å². The molecule has 0 radical (unpaired) electrons. The quantitative estimate of drug-likeness (QED) is 0.648. The van der Waals surface area contributed by atoms with Crippen LogP contribution in [0.4, 0.5) is 5.69 Å². The van der Waals surface area contributed by atoms with Crippen LogP contribution in [0.5, 0.6) is 5.75 Å². The lowest BCUT2D eigenvalue weighted by atomic mass is 10.1. The van der Waals surface area contributed by atoms with Crippen molar-refractivity contribution in [1.82, 2.24) is 0 Å². The predicted octanol–water partition coefficient (Wildman–Crippen LogP) is 1.47. The van der Waals surface area contributed by atoms with E-state index < -0.39 is 5.97 Å². The Morgan fingerprint density at radius 1 is 1.56 bits per heavy atom. The Kier molecular flexibility index (Phi) is 4.04. The number of carbonyl (C=O) groups excluding carboxylic acids is 1. The molecule has 18 heavy (non-hydrogen) atoms. The maximum atomic E-state index is 12.0. The third-order valence-corrected chi connectivity index (χ3v) is 2.96. The first-order valence-electron chi connectivity index (χ1n) is 5.89. The Morgan fingerprint density at radius 3 is 3.06 bits per heavy atom. The fraction of sp³-hybridized carbons (Fsp3) is 0.462. The van der Waals surface area contributed by atoms with Gasteiger partial charge in [-0.3, -0.25) is 0 Å². The third kappa shape index (κ3) is 2.73. The van der Waals surface area contributed by atoms with Crippen LogP contribution in [0.15, 0.2) is 18.2 Å². The van der Waals surface area contributed by atoms with E-state index in [4.69, 9.17) is 19.9 Å². The first kappa shape index (κ1) is 12.7. The van der Waals surface area contributed by atoms with E-state index >= 15 is 0 Å². The van der Waals surface area contributed by atoms with Gasteiger partial charge in [-0.1, -0.05) is 6.07 Å². The molecule has 1 unspecified atom stereocenters. The zero-order valence-electron chi connectivity index (χ0n) is 10.3. The van der Waals surface area contributed by atoms with Gasteiger partial charge in [0, 0.05) is 18.2 Å². The summed E-state index contributed by atoms with van der Waals surface area (Å²) < 4.78 is 15.6. The average molecular weight is 251 g/mol. The molecule has 5 nitrogen and oxygen atoms in total. The lowest BCUT2D eigenvalue weighted by Crippen LogP contribution is -2.16. The van der Waals surface area contributed by atoms with Gasteiger partial charge in [0.05, 0.1) is 20.3 Å². The number of benzene rings is 1. The molecule has 1 fully saturated rings. The number of carbonyl (C=O) groups is 1. The van der Waals surface area contributed by atoms with E-state index in [-0.39, 0.29) is 5.92 Å². The minimum atomic E-state index is -0.447. The van der Waals surface area contributed by atoms with Crippen molar-refractivity contribution in [2.45, 2.75) is 6.42 Å². The number of hydrogen-bond acceptors (Lipinski definition) is 5. The largest absolute Gasteiger partial charge is 0.496 e. The SMILES string of the molecule is COc1cccc(N)c1C(=O)OCC1CCOC1. The van der Waals surface area contributed by atoms with Crippen LogP contribution in [0.3, 0.4) is 0 Å². The van der Waals surface area contributed by atoms with Gasteiger partial charge in [0.15, 0.2) is 0 Å². The monoisotopic (exact) mass is 251 g/mol. The summed E-state index contributed by atoms with van der Waals surface area (Å²) in [6, 6.07) is 5.07. The molecule has 98 valence electrons. The van der Waals surface area contributed by atoms with E-state index in [0.29, 0.717) is 30.2 Å². The number of nitrogens with two attached hydrogens (primary N) is 1. The van der Waals surface area contributed by atoms with Crippen LogP contribution < -0.4 is 10.5 Å². The first-order valence-corrected chi connectivity index (χ1v) is 5.89. The van der Waals surface area contributed by atoms with Gasteiger partial charge in [-0.25, -0.2) is 4.79 Å². The van der Waals surface area contributed by atoms with Gasteiger partial charge in [0.1, 0.15) is 11.3 Å². The maximum absolute atomic E-state index is 12.0. The van der Waals surface area contributed by atoms with Gasteiger partial charge < -0.3 is 19.9 Å². The van der Waals surface area contributed by atoms with Gasteiger partial charge in [0.25, 0.3) is 0 Å². The highest BCUT2D eigenvalue weighted by molar-refractivity contribution is 5.98. The molecule has 1 aromatic rings. The van der Waals surface area contributed by atoms with Crippen molar-refractivity contribution in [1.29, 1.82) is 0 Å². The Hall–Kier alpha value is -1.75. The molecule has 1 heterocycles. The fourth-order valence-corrected chi connectivity index (χ4v) is 1.92. The van der Waals surface area contributed by atoms with Gasteiger partial charge in [-0.15, -0.1) is 0 Å². The van der Waals surface area contributed by atoms with Crippen molar-refractivity contribution in [3.8, 4) is 5.75 Å². The molecule has 1 aliphatic heterocycles. The Balaban J connectivity index is 2.03. The third-order valence-electron chi connectivity index (χ3n) is 2.96. The van der Waals surface area contributed by atoms with Gasteiger partial charge in [0.2, 0.25) is 0 Å². The van der Waals surface area contributed by atoms with E-state index in [9.17, 15) is 4.79 Å². The Labute approximate surface area is 106 Å². The molecule has 0 aromatic heterocycles. The smallest absolute Gasteiger partial charge is 0.344 e. The highest BCUT2D eigenvalue weighted by atomic mass is 16.5. The summed E-state index contributed by atoms with van der Waals surface area (Å²) in [5.74, 6) is 0.268. The van der Waals surface area contributed by atoms with Crippen molar-refractivity contribution in [2.24, 2.45) is 5.92 Å². The number of ether oxygens (including phenoxy) is 3. The fourth-order valence-electron chi connectivity index (χ4n) is 1.92. The van der Waals surface area contributed by atoms with Gasteiger partial charge in [-0.2, -0.15) is 0 Å². The molecule has 0 amide bonds. The van der Waals surface area contributed by atoms with Crippen molar-refractivity contribution in [2.75, 3.05) is 32.7 Å². The van der Waals surface area contributed by atoms with E-state index in [1.807, 2.05) is 0 Å². The van der Waals surface area contributed by atoms with Crippen molar-refractivity contribution in [3.05, 3.63) is 23.8 Å². The molecular formula is C13H17NO4. The molecule has 1 saturated heterocycles. The topological polar surface area (TPSA) is 70.8 Å². The minimum Gasteiger partial charge on any atom is -0.496 e. The van der Waals surface area contributed by atoms with Gasteiger partial charge in [-0.05, 0) is 18.6 Å². The molecule has 1 aliphatic rings. The molecule has 0 saturated carbocycles. The molecule has 5 heteroatoms. The second kappa shape index (κ2) is 5.73. The molecule has 2 rings (SSSR count). The van der Waals surface area contributed by atoms with Crippen LogP contribution in [0.25, 0.3) is 0 Å². The summed E-state index contributed by atoms with van der Waals surface area (Å²) >= 11 is 0. The lowest BCUT2D eigenvalue weighted by molar-refractivity contribution is 0.0426. The second-order valence-corrected chi connectivity index (χ2v) is 4.25. The van der Waals surface area contributed by atoms with E-state index in [2.05, 4.69) is 0 Å². The summed E-state index contributed by atoms with van der Waals surface area (Å²) in [4.78, 5) is 12.0.